The number of aromatic nitrogens is 1. The van der Waals surface area contributed by atoms with E-state index in [1.54, 1.807) is 6.20 Å². The second-order valence-corrected chi connectivity index (χ2v) is 17.4. The molecule has 0 amide bonds. The first kappa shape index (κ1) is 7.12. The molecule has 0 atom stereocenters. The summed E-state index contributed by atoms with van der Waals surface area (Å²) in [4.78, 5) is 6.90. The van der Waals surface area contributed by atoms with Crippen molar-refractivity contribution in [1.29, 1.82) is 0 Å². The summed E-state index contributed by atoms with van der Waals surface area (Å²) in [5.41, 5.74) is 0. The molecule has 0 aliphatic heterocycles. The zero-order valence-electron chi connectivity index (χ0n) is 6.01. The van der Waals surface area contributed by atoms with Crippen LogP contribution in [0.4, 0.5) is 0 Å². The van der Waals surface area contributed by atoms with Gasteiger partial charge in [0.1, 0.15) is 0 Å². The first-order chi connectivity index (χ1) is 4.11. The Morgan fingerprint density at radius 3 is 2.33 bits per heavy atom. The van der Waals surface area contributed by atoms with Crippen molar-refractivity contribution in [1.82, 2.24) is 5.16 Å². The maximum atomic E-state index is 5.04. The summed E-state index contributed by atoms with van der Waals surface area (Å²) >= 11 is -1.88. The van der Waals surface area contributed by atoms with Crippen LogP contribution >= 0.6 is 0 Å². The van der Waals surface area contributed by atoms with E-state index in [-0.39, 0.29) is 0 Å². The van der Waals surface area contributed by atoms with E-state index >= 15 is 0 Å². The van der Waals surface area contributed by atoms with Gasteiger partial charge in [0, 0.05) is 0 Å². The normalized spacial score (nSPS) is 11.9. The maximum absolute atomic E-state index is 5.04. The van der Waals surface area contributed by atoms with Crippen LogP contribution in [0.5, 0.6) is 0 Å². The Balaban J connectivity index is 2.90. The van der Waals surface area contributed by atoms with Crippen LogP contribution in [0.2, 0.25) is 14.8 Å². The van der Waals surface area contributed by atoms with Gasteiger partial charge in [0.2, 0.25) is 0 Å². The molecule has 0 aliphatic rings. The van der Waals surface area contributed by atoms with E-state index in [9.17, 15) is 0 Å². The van der Waals surface area contributed by atoms with E-state index in [1.165, 1.54) is 0 Å². The van der Waals surface area contributed by atoms with Crippen molar-refractivity contribution in [2.24, 2.45) is 0 Å². The van der Waals surface area contributed by atoms with Gasteiger partial charge >= 0.3 is 58.9 Å². The minimum atomic E-state index is -1.88. The summed E-state index contributed by atoms with van der Waals surface area (Å²) in [6.07, 6.45) is 1.72. The zero-order chi connectivity index (χ0) is 6.91. The molecule has 0 saturated carbocycles. The molecule has 0 bridgehead atoms. The molecule has 1 aromatic rings. The molecule has 3 heteroatoms. The summed E-state index contributed by atoms with van der Waals surface area (Å²) in [5.74, 6) is 0. The van der Waals surface area contributed by atoms with E-state index in [2.05, 4.69) is 20.0 Å². The van der Waals surface area contributed by atoms with Crippen LogP contribution < -0.4 is 3.78 Å². The monoisotopic (exact) mass is 233 g/mol. The van der Waals surface area contributed by atoms with E-state index in [1.807, 2.05) is 6.07 Å². The summed E-state index contributed by atoms with van der Waals surface area (Å²) in [6.45, 7) is 0. The van der Waals surface area contributed by atoms with Crippen molar-refractivity contribution in [3.8, 4) is 0 Å². The molecule has 0 aromatic carbocycles. The summed E-state index contributed by atoms with van der Waals surface area (Å²) in [5, 5.41) is 3.67. The predicted molar refractivity (Wildman–Crippen MR) is 39.5 cm³/mol. The van der Waals surface area contributed by atoms with Gasteiger partial charge in [-0.3, -0.25) is 0 Å². The van der Waals surface area contributed by atoms with Gasteiger partial charge in [-0.2, -0.15) is 0 Å². The first-order valence-electron chi connectivity index (χ1n) is 3.02. The van der Waals surface area contributed by atoms with Gasteiger partial charge in [0.25, 0.3) is 0 Å². The molecule has 50 valence electrons. The predicted octanol–water partition coefficient (Wildman–Crippen LogP) is 1.22. The Hall–Kier alpha value is 0.00870. The molecule has 0 aliphatic carbocycles. The Morgan fingerprint density at radius 1 is 1.44 bits per heavy atom. The molecule has 0 radical (unpaired) electrons. The Morgan fingerprint density at radius 2 is 2.11 bits per heavy atom. The Labute approximate surface area is 59.1 Å². The van der Waals surface area contributed by atoms with Crippen LogP contribution in [-0.2, 0) is 0 Å². The third-order valence-corrected chi connectivity index (χ3v) is 6.13. The van der Waals surface area contributed by atoms with Crippen molar-refractivity contribution in [3.05, 3.63) is 12.3 Å². The molecule has 1 aromatic heterocycles. The molecular weight excluding hydrogens is 221 g/mol. The van der Waals surface area contributed by atoms with E-state index < -0.39 is 18.4 Å². The Bertz CT molecular complexity index is 175. The van der Waals surface area contributed by atoms with E-state index in [0.29, 0.717) is 0 Å². The quantitative estimate of drug-likeness (QED) is 0.680. The van der Waals surface area contributed by atoms with Crippen LogP contribution in [0.25, 0.3) is 0 Å². The van der Waals surface area contributed by atoms with Crippen molar-refractivity contribution in [2.45, 2.75) is 14.8 Å². The van der Waals surface area contributed by atoms with Gasteiger partial charge < -0.3 is 0 Å². The number of rotatable bonds is 1. The van der Waals surface area contributed by atoms with Gasteiger partial charge in [-0.1, -0.05) is 0 Å². The molecule has 0 spiro atoms. The van der Waals surface area contributed by atoms with E-state index in [0.717, 1.165) is 3.78 Å². The van der Waals surface area contributed by atoms with Gasteiger partial charge in [0.15, 0.2) is 0 Å². The zero-order valence-corrected chi connectivity index (χ0v) is 8.86. The fourth-order valence-electron chi connectivity index (χ4n) is 0.603. The third-order valence-electron chi connectivity index (χ3n) is 1.18. The molecule has 0 unspecified atom stereocenters. The molecule has 0 N–H and O–H groups in total. The van der Waals surface area contributed by atoms with Gasteiger partial charge in [-0.15, -0.1) is 0 Å². The van der Waals surface area contributed by atoms with Crippen LogP contribution in [0, 0.1) is 0 Å². The average molecular weight is 232 g/mol. The van der Waals surface area contributed by atoms with Gasteiger partial charge in [-0.25, -0.2) is 0 Å². The second-order valence-electron chi connectivity index (χ2n) is 3.13. The van der Waals surface area contributed by atoms with E-state index in [4.69, 9.17) is 4.52 Å². The summed E-state index contributed by atoms with van der Waals surface area (Å²) < 4.78 is 6.18. The molecule has 2 nitrogen and oxygen atoms in total. The topological polar surface area (TPSA) is 26.0 Å². The third kappa shape index (κ3) is 1.71. The molecule has 1 rings (SSSR count). The fourth-order valence-corrected chi connectivity index (χ4v) is 3.17. The summed E-state index contributed by atoms with van der Waals surface area (Å²) in [6, 6.07) is 1.98. The molecule has 1 heterocycles. The number of hydrogen-bond acceptors (Lipinski definition) is 2. The van der Waals surface area contributed by atoms with Crippen LogP contribution in [0.15, 0.2) is 16.8 Å². The minimum absolute atomic E-state index is 1.14. The van der Waals surface area contributed by atoms with Crippen molar-refractivity contribution in [3.63, 3.8) is 0 Å². The molecule has 0 saturated heterocycles. The number of hydrogen-bond donors (Lipinski definition) is 0. The van der Waals surface area contributed by atoms with Crippen LogP contribution in [-0.4, -0.2) is 23.5 Å². The molecule has 9 heavy (non-hydrogen) atoms. The van der Waals surface area contributed by atoms with Crippen LogP contribution in [0.3, 0.4) is 0 Å². The Kier molecular flexibility index (Phi) is 1.84. The van der Waals surface area contributed by atoms with Gasteiger partial charge in [-0.05, 0) is 0 Å². The van der Waals surface area contributed by atoms with Crippen molar-refractivity contribution in [2.75, 3.05) is 0 Å². The standard InChI is InChI=1S/C3H2NO.3CH3.Sn/c1-2-4-5-3-1;;;;/h1-2H;3*1H3;. The van der Waals surface area contributed by atoms with Gasteiger partial charge in [0.05, 0.1) is 0 Å². The second kappa shape index (κ2) is 2.32. The fraction of sp³-hybridized carbons (Fsp3) is 0.500. The molecule has 0 fully saturated rings. The molecular formula is C6H11NOSn. The summed E-state index contributed by atoms with van der Waals surface area (Å²) in [7, 11) is 0. The average Bonchev–Trinajstić information content (AvgIpc) is 2.08. The first-order valence-corrected chi connectivity index (χ1v) is 13.0. The SMILES string of the molecule is [CH3][Sn]([CH3])([CH3])[c]1ccno1. The van der Waals surface area contributed by atoms with Crippen LogP contribution in [0.1, 0.15) is 0 Å². The van der Waals surface area contributed by atoms with Crippen molar-refractivity contribution >= 4 is 22.2 Å². The van der Waals surface area contributed by atoms with Crippen molar-refractivity contribution < 1.29 is 4.52 Å². The number of nitrogens with zero attached hydrogens (tertiary/aromatic N) is 1.